The molecule has 1 aliphatic rings. The third-order valence-electron chi connectivity index (χ3n) is 3.15. The van der Waals surface area contributed by atoms with E-state index < -0.39 is 0 Å². The minimum absolute atomic E-state index is 0.00651. The van der Waals surface area contributed by atoms with E-state index in [0.717, 1.165) is 12.8 Å². The first-order valence-corrected chi connectivity index (χ1v) is 6.85. The maximum atomic E-state index is 12.0. The van der Waals surface area contributed by atoms with Crippen LogP contribution in [0.5, 0.6) is 5.75 Å². The van der Waals surface area contributed by atoms with Crippen LogP contribution in [-0.4, -0.2) is 41.7 Å². The highest BCUT2D eigenvalue weighted by molar-refractivity contribution is 6.35. The molecule has 0 spiro atoms. The van der Waals surface area contributed by atoms with Gasteiger partial charge in [0.25, 0.3) is 5.91 Å². The van der Waals surface area contributed by atoms with E-state index >= 15 is 0 Å². The van der Waals surface area contributed by atoms with Gasteiger partial charge in [0, 0.05) is 11.6 Å². The van der Waals surface area contributed by atoms with E-state index in [1.54, 1.807) is 23.1 Å². The zero-order valence-corrected chi connectivity index (χ0v) is 11.8. The molecule has 0 bridgehead atoms. The molecule has 1 aliphatic heterocycles. The summed E-state index contributed by atoms with van der Waals surface area (Å²) in [4.78, 5) is 13.6. The van der Waals surface area contributed by atoms with Gasteiger partial charge < -0.3 is 14.7 Å². The molecule has 1 N–H and O–H groups in total. The van der Waals surface area contributed by atoms with Gasteiger partial charge in [-0.05, 0) is 31.0 Å². The van der Waals surface area contributed by atoms with Crippen molar-refractivity contribution in [3.05, 3.63) is 28.2 Å². The third-order valence-corrected chi connectivity index (χ3v) is 3.68. The van der Waals surface area contributed by atoms with Gasteiger partial charge in [0.2, 0.25) is 0 Å². The number of benzene rings is 1. The summed E-state index contributed by atoms with van der Waals surface area (Å²) in [5, 5.41) is 10.1. The Morgan fingerprint density at radius 2 is 2.26 bits per heavy atom. The number of carbonyl (C=O) groups excluding carboxylic acids is 1. The Balaban J connectivity index is 1.93. The SMILES string of the molecule is O=C(COc1ccc(Cl)cc1Cl)N1CCCC1CO. The lowest BCUT2D eigenvalue weighted by molar-refractivity contribution is -0.134. The van der Waals surface area contributed by atoms with Crippen molar-refractivity contribution in [3.8, 4) is 5.75 Å². The third kappa shape index (κ3) is 3.53. The lowest BCUT2D eigenvalue weighted by Crippen LogP contribution is -2.40. The molecule has 0 saturated carbocycles. The van der Waals surface area contributed by atoms with Crippen molar-refractivity contribution < 1.29 is 14.6 Å². The van der Waals surface area contributed by atoms with Gasteiger partial charge in [-0.3, -0.25) is 4.79 Å². The van der Waals surface area contributed by atoms with Crippen LogP contribution in [-0.2, 0) is 4.79 Å². The second kappa shape index (κ2) is 6.46. The molecule has 1 aromatic carbocycles. The fourth-order valence-electron chi connectivity index (χ4n) is 2.17. The monoisotopic (exact) mass is 303 g/mol. The molecule has 4 nitrogen and oxygen atoms in total. The van der Waals surface area contributed by atoms with Gasteiger partial charge in [0.1, 0.15) is 5.75 Å². The minimum atomic E-state index is -0.137. The summed E-state index contributed by atoms with van der Waals surface area (Å²) in [6.07, 6.45) is 1.75. The number of hydrogen-bond acceptors (Lipinski definition) is 3. The Morgan fingerprint density at radius 3 is 2.95 bits per heavy atom. The predicted molar refractivity (Wildman–Crippen MR) is 73.8 cm³/mol. The van der Waals surface area contributed by atoms with Crippen molar-refractivity contribution in [2.75, 3.05) is 19.8 Å². The summed E-state index contributed by atoms with van der Waals surface area (Å²) in [6.45, 7) is 0.576. The highest BCUT2D eigenvalue weighted by atomic mass is 35.5. The van der Waals surface area contributed by atoms with Gasteiger partial charge in [-0.2, -0.15) is 0 Å². The Bertz CT molecular complexity index is 467. The normalized spacial score (nSPS) is 18.7. The number of hydrogen-bond donors (Lipinski definition) is 1. The number of rotatable bonds is 4. The predicted octanol–water partition coefficient (Wildman–Crippen LogP) is 2.36. The minimum Gasteiger partial charge on any atom is -0.482 e. The molecule has 1 saturated heterocycles. The van der Waals surface area contributed by atoms with Crippen molar-refractivity contribution in [1.82, 2.24) is 4.90 Å². The van der Waals surface area contributed by atoms with Crippen LogP contribution in [0.15, 0.2) is 18.2 Å². The first kappa shape index (κ1) is 14.4. The molecular weight excluding hydrogens is 289 g/mol. The standard InChI is InChI=1S/C13H15Cl2NO3/c14-9-3-4-12(11(15)6-9)19-8-13(18)16-5-1-2-10(16)7-17/h3-4,6,10,17H,1-2,5,7-8H2. The molecule has 0 aromatic heterocycles. The van der Waals surface area contributed by atoms with E-state index in [4.69, 9.17) is 27.9 Å². The van der Waals surface area contributed by atoms with Crippen molar-refractivity contribution in [1.29, 1.82) is 0 Å². The summed E-state index contributed by atoms with van der Waals surface area (Å²) in [5.74, 6) is 0.293. The molecule has 1 fully saturated rings. The summed E-state index contributed by atoms with van der Waals surface area (Å²) < 4.78 is 5.40. The van der Waals surface area contributed by atoms with E-state index in [1.165, 1.54) is 0 Å². The van der Waals surface area contributed by atoms with Crippen LogP contribution in [0.3, 0.4) is 0 Å². The largest absolute Gasteiger partial charge is 0.482 e. The molecule has 6 heteroatoms. The van der Waals surface area contributed by atoms with Gasteiger partial charge in [-0.15, -0.1) is 0 Å². The van der Waals surface area contributed by atoms with Gasteiger partial charge in [-0.1, -0.05) is 23.2 Å². The number of nitrogens with zero attached hydrogens (tertiary/aromatic N) is 1. The van der Waals surface area contributed by atoms with Crippen molar-refractivity contribution in [3.63, 3.8) is 0 Å². The number of likely N-dealkylation sites (tertiary alicyclic amines) is 1. The van der Waals surface area contributed by atoms with Crippen LogP contribution < -0.4 is 4.74 Å². The molecular formula is C13H15Cl2NO3. The summed E-state index contributed by atoms with van der Waals surface area (Å²) >= 11 is 11.7. The fraction of sp³-hybridized carbons (Fsp3) is 0.462. The van der Waals surface area contributed by atoms with Gasteiger partial charge in [0.05, 0.1) is 17.7 Å². The highest BCUT2D eigenvalue weighted by Gasteiger charge is 2.28. The maximum absolute atomic E-state index is 12.0. The molecule has 1 atom stereocenters. The quantitative estimate of drug-likeness (QED) is 0.929. The summed E-state index contributed by atoms with van der Waals surface area (Å²) in [6, 6.07) is 4.76. The average molecular weight is 304 g/mol. The van der Waals surface area contributed by atoms with E-state index in [2.05, 4.69) is 0 Å². The highest BCUT2D eigenvalue weighted by Crippen LogP contribution is 2.27. The van der Waals surface area contributed by atoms with E-state index in [1.807, 2.05) is 0 Å². The van der Waals surface area contributed by atoms with Crippen molar-refractivity contribution >= 4 is 29.1 Å². The van der Waals surface area contributed by atoms with Crippen molar-refractivity contribution in [2.45, 2.75) is 18.9 Å². The second-order valence-corrected chi connectivity index (χ2v) is 5.27. The van der Waals surface area contributed by atoms with Crippen LogP contribution in [0.4, 0.5) is 0 Å². The van der Waals surface area contributed by atoms with Crippen molar-refractivity contribution in [2.24, 2.45) is 0 Å². The van der Waals surface area contributed by atoms with E-state index in [0.29, 0.717) is 22.3 Å². The van der Waals surface area contributed by atoms with Crippen LogP contribution in [0.1, 0.15) is 12.8 Å². The second-order valence-electron chi connectivity index (χ2n) is 4.43. The van der Waals surface area contributed by atoms with Gasteiger partial charge in [0.15, 0.2) is 6.61 Å². The molecule has 104 valence electrons. The molecule has 1 heterocycles. The summed E-state index contributed by atoms with van der Waals surface area (Å²) in [7, 11) is 0. The molecule has 1 aromatic rings. The molecule has 19 heavy (non-hydrogen) atoms. The molecule has 0 aliphatic carbocycles. The van der Waals surface area contributed by atoms with Gasteiger partial charge in [-0.25, -0.2) is 0 Å². The number of aliphatic hydroxyl groups is 1. The van der Waals surface area contributed by atoms with E-state index in [9.17, 15) is 9.90 Å². The Morgan fingerprint density at radius 1 is 1.47 bits per heavy atom. The first-order valence-electron chi connectivity index (χ1n) is 6.10. The number of amides is 1. The molecule has 0 radical (unpaired) electrons. The zero-order chi connectivity index (χ0) is 13.8. The number of aliphatic hydroxyl groups excluding tert-OH is 1. The topological polar surface area (TPSA) is 49.8 Å². The van der Waals surface area contributed by atoms with Crippen LogP contribution in [0, 0.1) is 0 Å². The first-order chi connectivity index (χ1) is 9.11. The Labute approximate surface area is 121 Å². The van der Waals surface area contributed by atoms with Crippen LogP contribution in [0.2, 0.25) is 10.0 Å². The van der Waals surface area contributed by atoms with E-state index in [-0.39, 0.29) is 25.2 Å². The Kier molecular flexibility index (Phi) is 4.91. The lowest BCUT2D eigenvalue weighted by atomic mass is 10.2. The lowest BCUT2D eigenvalue weighted by Gasteiger charge is -2.23. The van der Waals surface area contributed by atoms with Crippen LogP contribution >= 0.6 is 23.2 Å². The number of ether oxygens (including phenoxy) is 1. The zero-order valence-electron chi connectivity index (χ0n) is 10.3. The number of carbonyl (C=O) groups is 1. The Hall–Kier alpha value is -0.970. The molecule has 2 rings (SSSR count). The number of halogens is 2. The fourth-order valence-corrected chi connectivity index (χ4v) is 2.63. The van der Waals surface area contributed by atoms with Gasteiger partial charge >= 0.3 is 0 Å². The summed E-state index contributed by atoms with van der Waals surface area (Å²) in [5.41, 5.74) is 0. The van der Waals surface area contributed by atoms with Crippen LogP contribution in [0.25, 0.3) is 0 Å². The average Bonchev–Trinajstić information content (AvgIpc) is 2.85. The molecule has 1 unspecified atom stereocenters. The maximum Gasteiger partial charge on any atom is 0.260 e. The molecule has 1 amide bonds. The smallest absolute Gasteiger partial charge is 0.260 e.